The van der Waals surface area contributed by atoms with E-state index >= 15 is 0 Å². The number of nitrogens with two attached hydrogens (primary N) is 1. The van der Waals surface area contributed by atoms with E-state index in [0.717, 1.165) is 10.9 Å². The molecular formula is C17H14ClNO2. The average molecular weight is 300 g/mol. The standard InChI is InChI=1S/C17H14ClNO2/c18-13-6-7-15-12(9-13)10-16(21-15)17(20)14(19)8-11-4-2-1-3-5-11/h1-7,9-10,14H,8,19H2. The molecule has 0 bridgehead atoms. The SMILES string of the molecule is NC(Cc1ccccc1)C(=O)c1cc2cc(Cl)ccc2o1. The third-order valence-corrected chi connectivity index (χ3v) is 3.59. The smallest absolute Gasteiger partial charge is 0.214 e. The van der Waals surface area contributed by atoms with E-state index in [-0.39, 0.29) is 11.5 Å². The summed E-state index contributed by atoms with van der Waals surface area (Å²) < 4.78 is 5.56. The van der Waals surface area contributed by atoms with E-state index in [1.54, 1.807) is 24.3 Å². The molecule has 1 aromatic heterocycles. The molecule has 0 aliphatic heterocycles. The minimum Gasteiger partial charge on any atom is -0.453 e. The maximum absolute atomic E-state index is 12.4. The fourth-order valence-electron chi connectivity index (χ4n) is 2.28. The van der Waals surface area contributed by atoms with Crippen LogP contribution in [-0.2, 0) is 6.42 Å². The fraction of sp³-hybridized carbons (Fsp3) is 0.118. The van der Waals surface area contributed by atoms with E-state index in [9.17, 15) is 4.79 Å². The van der Waals surface area contributed by atoms with E-state index in [2.05, 4.69) is 0 Å². The third-order valence-electron chi connectivity index (χ3n) is 3.36. The number of carbonyl (C=O) groups excluding carboxylic acids is 1. The van der Waals surface area contributed by atoms with Crippen LogP contribution in [0.1, 0.15) is 16.1 Å². The Balaban J connectivity index is 1.82. The highest BCUT2D eigenvalue weighted by molar-refractivity contribution is 6.31. The zero-order chi connectivity index (χ0) is 14.8. The van der Waals surface area contributed by atoms with Crippen LogP contribution in [-0.4, -0.2) is 11.8 Å². The lowest BCUT2D eigenvalue weighted by atomic mass is 10.0. The second-order valence-corrected chi connectivity index (χ2v) is 5.39. The number of hydrogen-bond acceptors (Lipinski definition) is 3. The van der Waals surface area contributed by atoms with Gasteiger partial charge in [-0.3, -0.25) is 4.79 Å². The molecule has 0 radical (unpaired) electrons. The molecule has 21 heavy (non-hydrogen) atoms. The van der Waals surface area contributed by atoms with Crippen LogP contribution in [0.15, 0.2) is 59.0 Å². The number of furan rings is 1. The maximum Gasteiger partial charge on any atom is 0.214 e. The van der Waals surface area contributed by atoms with Gasteiger partial charge < -0.3 is 10.2 Å². The number of hydrogen-bond donors (Lipinski definition) is 1. The Hall–Kier alpha value is -2.10. The van der Waals surface area contributed by atoms with Crippen LogP contribution in [0.3, 0.4) is 0 Å². The van der Waals surface area contributed by atoms with E-state index in [1.165, 1.54) is 0 Å². The molecule has 3 aromatic rings. The number of benzene rings is 2. The monoisotopic (exact) mass is 299 g/mol. The van der Waals surface area contributed by atoms with Crippen LogP contribution in [0.4, 0.5) is 0 Å². The summed E-state index contributed by atoms with van der Waals surface area (Å²) >= 11 is 5.93. The second-order valence-electron chi connectivity index (χ2n) is 4.95. The molecule has 0 amide bonds. The van der Waals surface area contributed by atoms with Gasteiger partial charge in [-0.1, -0.05) is 41.9 Å². The van der Waals surface area contributed by atoms with Crippen molar-refractivity contribution in [3.05, 3.63) is 70.9 Å². The lowest BCUT2D eigenvalue weighted by Crippen LogP contribution is -2.32. The van der Waals surface area contributed by atoms with Gasteiger partial charge in [-0.2, -0.15) is 0 Å². The summed E-state index contributed by atoms with van der Waals surface area (Å²) in [5.41, 5.74) is 7.66. The van der Waals surface area contributed by atoms with E-state index in [1.807, 2.05) is 30.3 Å². The molecule has 1 unspecified atom stereocenters. The molecular weight excluding hydrogens is 286 g/mol. The summed E-state index contributed by atoms with van der Waals surface area (Å²) in [5, 5.41) is 1.41. The van der Waals surface area contributed by atoms with Crippen LogP contribution >= 0.6 is 11.6 Å². The van der Waals surface area contributed by atoms with Gasteiger partial charge >= 0.3 is 0 Å². The number of fused-ring (bicyclic) bond motifs is 1. The van der Waals surface area contributed by atoms with Crippen LogP contribution in [0.2, 0.25) is 5.02 Å². The van der Waals surface area contributed by atoms with Gasteiger partial charge in [-0.25, -0.2) is 0 Å². The highest BCUT2D eigenvalue weighted by atomic mass is 35.5. The van der Waals surface area contributed by atoms with Crippen molar-refractivity contribution in [2.24, 2.45) is 5.73 Å². The minimum atomic E-state index is -0.622. The van der Waals surface area contributed by atoms with Gasteiger partial charge in [0.15, 0.2) is 5.76 Å². The predicted molar refractivity (Wildman–Crippen MR) is 83.7 cm³/mol. The molecule has 0 aliphatic carbocycles. The van der Waals surface area contributed by atoms with Crippen LogP contribution < -0.4 is 5.73 Å². The Labute approximate surface area is 127 Å². The van der Waals surface area contributed by atoms with Crippen molar-refractivity contribution in [2.75, 3.05) is 0 Å². The molecule has 4 heteroatoms. The Kier molecular flexibility index (Phi) is 3.78. The van der Waals surface area contributed by atoms with Crippen LogP contribution in [0.25, 0.3) is 11.0 Å². The first kappa shape index (κ1) is 13.9. The molecule has 3 nitrogen and oxygen atoms in total. The molecule has 2 aromatic carbocycles. The van der Waals surface area contributed by atoms with Crippen LogP contribution in [0, 0.1) is 0 Å². The summed E-state index contributed by atoms with van der Waals surface area (Å²) in [4.78, 5) is 12.4. The topological polar surface area (TPSA) is 56.2 Å². The molecule has 0 spiro atoms. The highest BCUT2D eigenvalue weighted by Gasteiger charge is 2.20. The number of rotatable bonds is 4. The van der Waals surface area contributed by atoms with E-state index in [0.29, 0.717) is 17.0 Å². The predicted octanol–water partition coefficient (Wildman–Crippen LogP) is 3.84. The summed E-state index contributed by atoms with van der Waals surface area (Å²) in [6.07, 6.45) is 0.484. The van der Waals surface area contributed by atoms with Gasteiger partial charge in [0.2, 0.25) is 5.78 Å². The molecule has 1 heterocycles. The van der Waals surface area contributed by atoms with Gasteiger partial charge in [-0.15, -0.1) is 0 Å². The third kappa shape index (κ3) is 2.99. The van der Waals surface area contributed by atoms with E-state index in [4.69, 9.17) is 21.8 Å². The van der Waals surface area contributed by atoms with Gasteiger partial charge in [0, 0.05) is 10.4 Å². The lowest BCUT2D eigenvalue weighted by molar-refractivity contribution is 0.0935. The summed E-state index contributed by atoms with van der Waals surface area (Å²) in [7, 11) is 0. The van der Waals surface area contributed by atoms with Gasteiger partial charge in [0.1, 0.15) is 5.58 Å². The molecule has 0 aliphatic rings. The second kappa shape index (κ2) is 5.72. The van der Waals surface area contributed by atoms with Crippen molar-refractivity contribution in [3.8, 4) is 0 Å². The van der Waals surface area contributed by atoms with Crippen LogP contribution in [0.5, 0.6) is 0 Å². The summed E-state index contributed by atoms with van der Waals surface area (Å²) in [6.45, 7) is 0. The van der Waals surface area contributed by atoms with Crippen molar-refractivity contribution in [2.45, 2.75) is 12.5 Å². The molecule has 3 rings (SSSR count). The van der Waals surface area contributed by atoms with Crippen molar-refractivity contribution in [3.63, 3.8) is 0 Å². The highest BCUT2D eigenvalue weighted by Crippen LogP contribution is 2.24. The fourth-order valence-corrected chi connectivity index (χ4v) is 2.46. The van der Waals surface area contributed by atoms with Crippen molar-refractivity contribution < 1.29 is 9.21 Å². The Morgan fingerprint density at radius 1 is 1.14 bits per heavy atom. The first-order valence-electron chi connectivity index (χ1n) is 6.66. The summed E-state index contributed by atoms with van der Waals surface area (Å²) in [5.74, 6) is 0.0712. The number of ketones is 1. The number of Topliss-reactive ketones (excluding diaryl/α,β-unsaturated/α-hetero) is 1. The Bertz CT molecular complexity index is 780. The van der Waals surface area contributed by atoms with Gasteiger partial charge in [0.05, 0.1) is 6.04 Å². The lowest BCUT2D eigenvalue weighted by Gasteiger charge is -2.08. The molecule has 0 saturated heterocycles. The normalized spacial score (nSPS) is 12.5. The first-order chi connectivity index (χ1) is 10.1. The number of carbonyl (C=O) groups is 1. The van der Waals surface area contributed by atoms with Gasteiger partial charge in [-0.05, 0) is 36.2 Å². The molecule has 2 N–H and O–H groups in total. The first-order valence-corrected chi connectivity index (χ1v) is 7.04. The van der Waals surface area contributed by atoms with Crippen molar-refractivity contribution >= 4 is 28.4 Å². The molecule has 0 saturated carbocycles. The van der Waals surface area contributed by atoms with E-state index < -0.39 is 6.04 Å². The van der Waals surface area contributed by atoms with Crippen molar-refractivity contribution in [1.82, 2.24) is 0 Å². The largest absolute Gasteiger partial charge is 0.453 e. The maximum atomic E-state index is 12.4. The zero-order valence-electron chi connectivity index (χ0n) is 11.3. The quantitative estimate of drug-likeness (QED) is 0.745. The summed E-state index contributed by atoms with van der Waals surface area (Å²) in [6, 6.07) is 16.0. The number of halogens is 1. The minimum absolute atomic E-state index is 0.203. The molecule has 106 valence electrons. The average Bonchev–Trinajstić information content (AvgIpc) is 2.90. The zero-order valence-corrected chi connectivity index (χ0v) is 12.0. The Morgan fingerprint density at radius 2 is 1.90 bits per heavy atom. The molecule has 1 atom stereocenters. The van der Waals surface area contributed by atoms with Gasteiger partial charge in [0.25, 0.3) is 0 Å². The Morgan fingerprint density at radius 3 is 2.67 bits per heavy atom. The molecule has 0 fully saturated rings. The van der Waals surface area contributed by atoms with Crippen molar-refractivity contribution in [1.29, 1.82) is 0 Å².